The Morgan fingerprint density at radius 3 is 2.63 bits per heavy atom. The van der Waals surface area contributed by atoms with E-state index in [0.717, 1.165) is 0 Å². The molecule has 0 aromatic heterocycles. The van der Waals surface area contributed by atoms with Gasteiger partial charge in [-0.05, 0) is 31.0 Å². The molecule has 1 fully saturated rings. The third-order valence-corrected chi connectivity index (χ3v) is 4.97. The van der Waals surface area contributed by atoms with Crippen LogP contribution in [0.4, 0.5) is 11.4 Å². The second-order valence-electron chi connectivity index (χ2n) is 4.42. The van der Waals surface area contributed by atoms with Gasteiger partial charge in [-0.15, -0.1) is 0 Å². The molecule has 3 N–H and O–H groups in total. The van der Waals surface area contributed by atoms with Gasteiger partial charge in [0.25, 0.3) is 0 Å². The lowest BCUT2D eigenvalue weighted by atomic mass is 10.2. The molecule has 1 heterocycles. The van der Waals surface area contributed by atoms with Gasteiger partial charge < -0.3 is 15.2 Å². The predicted octanol–water partition coefficient (Wildman–Crippen LogP) is 1.20. The topological polar surface area (TPSA) is 90.6 Å². The first-order valence-electron chi connectivity index (χ1n) is 6.06. The predicted molar refractivity (Wildman–Crippen MR) is 73.8 cm³/mol. The largest absolute Gasteiger partial charge is 0.495 e. The van der Waals surface area contributed by atoms with E-state index in [9.17, 15) is 8.42 Å². The van der Waals surface area contributed by atoms with Crippen LogP contribution in [0.15, 0.2) is 18.2 Å². The minimum Gasteiger partial charge on any atom is -0.495 e. The molecule has 1 aromatic carbocycles. The van der Waals surface area contributed by atoms with Gasteiger partial charge in [0.2, 0.25) is 10.0 Å². The van der Waals surface area contributed by atoms with E-state index in [1.165, 1.54) is 7.11 Å². The lowest BCUT2D eigenvalue weighted by Crippen LogP contribution is -2.33. The number of anilines is 2. The van der Waals surface area contributed by atoms with E-state index >= 15 is 0 Å². The fourth-order valence-corrected chi connectivity index (χ4v) is 3.47. The average molecular weight is 286 g/mol. The van der Waals surface area contributed by atoms with Gasteiger partial charge in [-0.1, -0.05) is 0 Å². The van der Waals surface area contributed by atoms with E-state index in [2.05, 4.69) is 4.72 Å². The third kappa shape index (κ3) is 3.30. The van der Waals surface area contributed by atoms with E-state index in [1.54, 1.807) is 18.2 Å². The number of benzene rings is 1. The summed E-state index contributed by atoms with van der Waals surface area (Å²) < 4.78 is 37.1. The van der Waals surface area contributed by atoms with E-state index in [0.29, 0.717) is 43.2 Å². The SMILES string of the molecule is COc1ccc(NS(=O)(=O)C2CCOCC2)cc1N. The fourth-order valence-electron chi connectivity index (χ4n) is 2.03. The lowest BCUT2D eigenvalue weighted by Gasteiger charge is -2.22. The van der Waals surface area contributed by atoms with Crippen LogP contribution >= 0.6 is 0 Å². The smallest absolute Gasteiger partial charge is 0.235 e. The minimum atomic E-state index is -3.40. The number of sulfonamides is 1. The molecule has 1 saturated heterocycles. The molecule has 19 heavy (non-hydrogen) atoms. The Kier molecular flexibility index (Phi) is 4.16. The summed E-state index contributed by atoms with van der Waals surface area (Å²) in [6.07, 6.45) is 1.03. The molecular formula is C12H18N2O4S. The first-order valence-corrected chi connectivity index (χ1v) is 7.60. The number of methoxy groups -OCH3 is 1. The molecule has 0 aliphatic carbocycles. The van der Waals surface area contributed by atoms with Crippen LogP contribution in [0.2, 0.25) is 0 Å². The summed E-state index contributed by atoms with van der Waals surface area (Å²) in [5, 5.41) is -0.412. The van der Waals surface area contributed by atoms with Crippen molar-refractivity contribution in [2.75, 3.05) is 30.8 Å². The van der Waals surface area contributed by atoms with Crippen molar-refractivity contribution >= 4 is 21.4 Å². The zero-order valence-electron chi connectivity index (χ0n) is 10.8. The zero-order chi connectivity index (χ0) is 13.9. The summed E-state index contributed by atoms with van der Waals surface area (Å²) in [4.78, 5) is 0. The minimum absolute atomic E-state index is 0.398. The third-order valence-electron chi connectivity index (χ3n) is 3.10. The number of ether oxygens (including phenoxy) is 2. The summed E-state index contributed by atoms with van der Waals surface area (Å²) in [5.74, 6) is 0.522. The van der Waals surface area contributed by atoms with Gasteiger partial charge in [0.15, 0.2) is 0 Å². The highest BCUT2D eigenvalue weighted by Crippen LogP contribution is 2.26. The van der Waals surface area contributed by atoms with Crippen molar-refractivity contribution in [3.05, 3.63) is 18.2 Å². The molecule has 7 heteroatoms. The maximum absolute atomic E-state index is 12.2. The van der Waals surface area contributed by atoms with Gasteiger partial charge in [-0.3, -0.25) is 4.72 Å². The van der Waals surface area contributed by atoms with E-state index < -0.39 is 15.3 Å². The maximum atomic E-state index is 12.2. The summed E-state index contributed by atoms with van der Waals surface area (Å²) in [7, 11) is -1.89. The molecule has 1 aliphatic heterocycles. The van der Waals surface area contributed by atoms with Crippen LogP contribution in [0.3, 0.4) is 0 Å². The van der Waals surface area contributed by atoms with Crippen LogP contribution in [0.25, 0.3) is 0 Å². The van der Waals surface area contributed by atoms with Gasteiger partial charge in [0, 0.05) is 13.2 Å². The van der Waals surface area contributed by atoms with Crippen molar-refractivity contribution in [1.82, 2.24) is 0 Å². The van der Waals surface area contributed by atoms with Crippen molar-refractivity contribution < 1.29 is 17.9 Å². The molecular weight excluding hydrogens is 268 g/mol. The second kappa shape index (κ2) is 5.66. The van der Waals surface area contributed by atoms with Crippen molar-refractivity contribution in [2.45, 2.75) is 18.1 Å². The van der Waals surface area contributed by atoms with E-state index in [4.69, 9.17) is 15.2 Å². The Balaban J connectivity index is 2.13. The number of hydrogen-bond acceptors (Lipinski definition) is 5. The average Bonchev–Trinajstić information content (AvgIpc) is 2.39. The molecule has 2 rings (SSSR count). The lowest BCUT2D eigenvalue weighted by molar-refractivity contribution is 0.0984. The Hall–Kier alpha value is -1.47. The second-order valence-corrected chi connectivity index (χ2v) is 6.38. The van der Waals surface area contributed by atoms with E-state index in [1.807, 2.05) is 0 Å². The number of nitrogen functional groups attached to an aromatic ring is 1. The van der Waals surface area contributed by atoms with Crippen molar-refractivity contribution in [1.29, 1.82) is 0 Å². The summed E-state index contributed by atoms with van der Waals surface area (Å²) in [6.45, 7) is 0.965. The molecule has 1 aliphatic rings. The van der Waals surface area contributed by atoms with Gasteiger partial charge in [0.05, 0.1) is 23.7 Å². The molecule has 106 valence electrons. The first kappa shape index (κ1) is 14.0. The highest BCUT2D eigenvalue weighted by atomic mass is 32.2. The Labute approximate surface area is 112 Å². The molecule has 0 atom stereocenters. The molecule has 0 bridgehead atoms. The van der Waals surface area contributed by atoms with Crippen LogP contribution < -0.4 is 15.2 Å². The highest BCUT2D eigenvalue weighted by molar-refractivity contribution is 7.93. The van der Waals surface area contributed by atoms with E-state index in [-0.39, 0.29) is 0 Å². The van der Waals surface area contributed by atoms with Gasteiger partial charge in [-0.2, -0.15) is 0 Å². The summed E-state index contributed by atoms with van der Waals surface area (Å²) in [5.41, 5.74) is 6.60. The highest BCUT2D eigenvalue weighted by Gasteiger charge is 2.27. The molecule has 0 unspecified atom stereocenters. The monoisotopic (exact) mass is 286 g/mol. The van der Waals surface area contributed by atoms with Gasteiger partial charge in [0.1, 0.15) is 5.75 Å². The number of rotatable bonds is 4. The quantitative estimate of drug-likeness (QED) is 0.812. The fraction of sp³-hybridized carbons (Fsp3) is 0.500. The molecule has 0 spiro atoms. The molecule has 1 aromatic rings. The molecule has 0 amide bonds. The van der Waals surface area contributed by atoms with Crippen LogP contribution in [-0.2, 0) is 14.8 Å². The van der Waals surface area contributed by atoms with Crippen molar-refractivity contribution in [3.8, 4) is 5.75 Å². The van der Waals surface area contributed by atoms with Gasteiger partial charge in [-0.25, -0.2) is 8.42 Å². The Bertz CT molecular complexity index is 539. The number of nitrogens with two attached hydrogens (primary N) is 1. The zero-order valence-corrected chi connectivity index (χ0v) is 11.6. The Morgan fingerprint density at radius 1 is 1.37 bits per heavy atom. The number of nitrogens with one attached hydrogen (secondary N) is 1. The molecule has 6 nitrogen and oxygen atoms in total. The standard InChI is InChI=1S/C12H18N2O4S/c1-17-12-3-2-9(8-11(12)13)14-19(15,16)10-4-6-18-7-5-10/h2-3,8,10,14H,4-7,13H2,1H3. The molecule has 0 saturated carbocycles. The normalized spacial score (nSPS) is 17.1. The van der Waals surface area contributed by atoms with Crippen molar-refractivity contribution in [2.24, 2.45) is 0 Å². The first-order chi connectivity index (χ1) is 9.03. The summed E-state index contributed by atoms with van der Waals surface area (Å²) >= 11 is 0. The van der Waals surface area contributed by atoms with Crippen LogP contribution in [0, 0.1) is 0 Å². The summed E-state index contributed by atoms with van der Waals surface area (Å²) in [6, 6.07) is 4.82. The molecule has 0 radical (unpaired) electrons. The van der Waals surface area contributed by atoms with Gasteiger partial charge >= 0.3 is 0 Å². The van der Waals surface area contributed by atoms with Crippen LogP contribution in [0.1, 0.15) is 12.8 Å². The Morgan fingerprint density at radius 2 is 2.05 bits per heavy atom. The maximum Gasteiger partial charge on any atom is 0.235 e. The van der Waals surface area contributed by atoms with Crippen molar-refractivity contribution in [3.63, 3.8) is 0 Å². The van der Waals surface area contributed by atoms with Crippen LogP contribution in [0.5, 0.6) is 5.75 Å². The number of hydrogen-bond donors (Lipinski definition) is 2. The van der Waals surface area contributed by atoms with Crippen LogP contribution in [-0.4, -0.2) is 34.0 Å².